The Bertz CT molecular complexity index is 717. The molecule has 0 saturated heterocycles. The first kappa shape index (κ1) is 15.6. The Morgan fingerprint density at radius 1 is 1.19 bits per heavy atom. The molecular weight excluding hydrogens is 293 g/mol. The van der Waals surface area contributed by atoms with Gasteiger partial charge in [0.15, 0.2) is 0 Å². The zero-order valence-corrected chi connectivity index (χ0v) is 12.3. The number of hydrogen-bond acceptors (Lipinski definition) is 3. The number of aliphatic hydroxyl groups is 1. The molecule has 2 aromatic carbocycles. The molecule has 0 aliphatic carbocycles. The van der Waals surface area contributed by atoms with Gasteiger partial charge in [0.05, 0.1) is 17.5 Å². The normalized spacial score (nSPS) is 13.1. The second-order valence-corrected chi connectivity index (χ2v) is 6.39. The summed E-state index contributed by atoms with van der Waals surface area (Å²) in [4.78, 5) is -0.167. The Labute approximate surface area is 123 Å². The maximum absolute atomic E-state index is 13.5. The van der Waals surface area contributed by atoms with Gasteiger partial charge in [0, 0.05) is 0 Å². The number of hydrogen-bond donors (Lipinski definition) is 2. The Morgan fingerprint density at radius 2 is 1.86 bits per heavy atom. The van der Waals surface area contributed by atoms with Crippen LogP contribution in [0.1, 0.15) is 17.2 Å². The molecule has 0 unspecified atom stereocenters. The Kier molecular flexibility index (Phi) is 4.72. The second-order valence-electron chi connectivity index (χ2n) is 4.68. The van der Waals surface area contributed by atoms with Gasteiger partial charge in [-0.15, -0.1) is 0 Å². The number of aliphatic hydroxyl groups excluding tert-OH is 1. The maximum atomic E-state index is 13.5. The van der Waals surface area contributed by atoms with E-state index in [-0.39, 0.29) is 4.90 Å². The second kappa shape index (κ2) is 6.34. The molecule has 0 bridgehead atoms. The fourth-order valence-corrected chi connectivity index (χ4v) is 3.12. The minimum absolute atomic E-state index is 0.167. The summed E-state index contributed by atoms with van der Waals surface area (Å²) in [6.07, 6.45) is 0. The average molecular weight is 309 g/mol. The molecule has 4 nitrogen and oxygen atoms in total. The van der Waals surface area contributed by atoms with Gasteiger partial charge in [0.2, 0.25) is 10.0 Å². The lowest BCUT2D eigenvalue weighted by molar-refractivity contribution is 0.259. The zero-order chi connectivity index (χ0) is 15.5. The van der Waals surface area contributed by atoms with Crippen molar-refractivity contribution in [1.82, 2.24) is 4.72 Å². The molecule has 0 aliphatic rings. The average Bonchev–Trinajstić information content (AvgIpc) is 2.48. The highest BCUT2D eigenvalue weighted by atomic mass is 32.2. The summed E-state index contributed by atoms with van der Waals surface area (Å²) in [5, 5.41) is 9.39. The standard InChI is InChI=1S/C15H16FNO3S/c1-11-7-8-13(9-14(11)16)21(19,20)17-15(10-18)12-5-3-2-4-6-12/h2-9,15,17-18H,10H2,1H3/t15-/m1/s1. The SMILES string of the molecule is Cc1ccc(S(=O)(=O)N[C@H](CO)c2ccccc2)cc1F. The van der Waals surface area contributed by atoms with Crippen LogP contribution in [-0.4, -0.2) is 20.1 Å². The van der Waals surface area contributed by atoms with Crippen LogP contribution in [0.15, 0.2) is 53.4 Å². The molecule has 112 valence electrons. The first-order chi connectivity index (χ1) is 9.94. The van der Waals surface area contributed by atoms with Crippen molar-refractivity contribution in [2.45, 2.75) is 17.9 Å². The van der Waals surface area contributed by atoms with Crippen molar-refractivity contribution in [1.29, 1.82) is 0 Å². The predicted octanol–water partition coefficient (Wildman–Crippen LogP) is 2.15. The van der Waals surface area contributed by atoms with Crippen molar-refractivity contribution < 1.29 is 17.9 Å². The van der Waals surface area contributed by atoms with Crippen molar-refractivity contribution in [3.05, 3.63) is 65.5 Å². The molecule has 0 fully saturated rings. The van der Waals surface area contributed by atoms with E-state index in [9.17, 15) is 17.9 Å². The third-order valence-corrected chi connectivity index (χ3v) is 4.60. The lowest BCUT2D eigenvalue weighted by Crippen LogP contribution is -2.31. The summed E-state index contributed by atoms with van der Waals surface area (Å²) < 4.78 is 40.4. The summed E-state index contributed by atoms with van der Waals surface area (Å²) in [6.45, 7) is 1.16. The smallest absolute Gasteiger partial charge is 0.241 e. The van der Waals surface area contributed by atoms with Crippen molar-refractivity contribution in [2.75, 3.05) is 6.61 Å². The number of sulfonamides is 1. The van der Waals surface area contributed by atoms with Crippen molar-refractivity contribution >= 4 is 10.0 Å². The Morgan fingerprint density at radius 3 is 2.43 bits per heavy atom. The number of rotatable bonds is 5. The highest BCUT2D eigenvalue weighted by Crippen LogP contribution is 2.18. The van der Waals surface area contributed by atoms with E-state index in [2.05, 4.69) is 4.72 Å². The third kappa shape index (κ3) is 3.66. The van der Waals surface area contributed by atoms with Crippen LogP contribution in [0, 0.1) is 12.7 Å². The molecule has 0 amide bonds. The van der Waals surface area contributed by atoms with E-state index in [4.69, 9.17) is 0 Å². The van der Waals surface area contributed by atoms with Gasteiger partial charge in [-0.25, -0.2) is 17.5 Å². The molecule has 6 heteroatoms. The fraction of sp³-hybridized carbons (Fsp3) is 0.200. The quantitative estimate of drug-likeness (QED) is 0.889. The van der Waals surface area contributed by atoms with Gasteiger partial charge < -0.3 is 5.11 Å². The summed E-state index contributed by atoms with van der Waals surface area (Å²) in [5.74, 6) is -0.585. The summed E-state index contributed by atoms with van der Waals surface area (Å²) in [5.41, 5.74) is 1.01. The third-order valence-electron chi connectivity index (χ3n) is 3.14. The maximum Gasteiger partial charge on any atom is 0.241 e. The summed E-state index contributed by atoms with van der Waals surface area (Å²) in [6, 6.07) is 11.6. The van der Waals surface area contributed by atoms with Crippen LogP contribution < -0.4 is 4.72 Å². The van der Waals surface area contributed by atoms with Crippen molar-refractivity contribution in [3.8, 4) is 0 Å². The zero-order valence-electron chi connectivity index (χ0n) is 11.5. The lowest BCUT2D eigenvalue weighted by Gasteiger charge is -2.17. The lowest BCUT2D eigenvalue weighted by atomic mass is 10.1. The number of nitrogens with one attached hydrogen (secondary N) is 1. The van der Waals surface area contributed by atoms with Crippen molar-refractivity contribution in [3.63, 3.8) is 0 Å². The van der Waals surface area contributed by atoms with Crippen LogP contribution in [0.5, 0.6) is 0 Å². The Balaban J connectivity index is 2.29. The highest BCUT2D eigenvalue weighted by molar-refractivity contribution is 7.89. The molecule has 1 atom stereocenters. The molecule has 2 rings (SSSR count). The monoisotopic (exact) mass is 309 g/mol. The molecule has 0 heterocycles. The van der Waals surface area contributed by atoms with E-state index in [1.165, 1.54) is 12.1 Å². The molecular formula is C15H16FNO3S. The van der Waals surface area contributed by atoms with E-state index in [1.807, 2.05) is 0 Å². The van der Waals surface area contributed by atoms with Gasteiger partial charge in [0.25, 0.3) is 0 Å². The summed E-state index contributed by atoms with van der Waals surface area (Å²) >= 11 is 0. The van der Waals surface area contributed by atoms with Gasteiger partial charge in [-0.05, 0) is 30.2 Å². The van der Waals surface area contributed by atoms with Gasteiger partial charge in [-0.1, -0.05) is 36.4 Å². The van der Waals surface area contributed by atoms with Crippen LogP contribution in [0.3, 0.4) is 0 Å². The fourth-order valence-electron chi connectivity index (χ4n) is 1.89. The minimum atomic E-state index is -3.91. The van der Waals surface area contributed by atoms with E-state index < -0.39 is 28.5 Å². The largest absolute Gasteiger partial charge is 0.394 e. The molecule has 0 spiro atoms. The van der Waals surface area contributed by atoms with E-state index in [0.717, 1.165) is 6.07 Å². The minimum Gasteiger partial charge on any atom is -0.394 e. The molecule has 0 radical (unpaired) electrons. The van der Waals surface area contributed by atoms with Crippen LogP contribution >= 0.6 is 0 Å². The van der Waals surface area contributed by atoms with E-state index in [1.54, 1.807) is 37.3 Å². The highest BCUT2D eigenvalue weighted by Gasteiger charge is 2.21. The molecule has 0 saturated carbocycles. The number of benzene rings is 2. The van der Waals surface area contributed by atoms with E-state index in [0.29, 0.717) is 11.1 Å². The molecule has 0 aliphatic heterocycles. The first-order valence-corrected chi connectivity index (χ1v) is 7.86. The van der Waals surface area contributed by atoms with Crippen LogP contribution in [-0.2, 0) is 10.0 Å². The number of aryl methyl sites for hydroxylation is 1. The molecule has 21 heavy (non-hydrogen) atoms. The van der Waals surface area contributed by atoms with Gasteiger partial charge in [-0.2, -0.15) is 0 Å². The predicted molar refractivity (Wildman–Crippen MR) is 77.7 cm³/mol. The molecule has 2 aromatic rings. The van der Waals surface area contributed by atoms with Gasteiger partial charge >= 0.3 is 0 Å². The first-order valence-electron chi connectivity index (χ1n) is 6.38. The van der Waals surface area contributed by atoms with E-state index >= 15 is 0 Å². The van der Waals surface area contributed by atoms with Crippen molar-refractivity contribution in [2.24, 2.45) is 0 Å². The summed E-state index contributed by atoms with van der Waals surface area (Å²) in [7, 11) is -3.91. The molecule has 0 aromatic heterocycles. The van der Waals surface area contributed by atoms with Crippen LogP contribution in [0.25, 0.3) is 0 Å². The Hall–Kier alpha value is -1.76. The van der Waals surface area contributed by atoms with Gasteiger partial charge in [0.1, 0.15) is 5.82 Å². The van der Waals surface area contributed by atoms with Crippen LogP contribution in [0.2, 0.25) is 0 Å². The molecule has 2 N–H and O–H groups in total. The van der Waals surface area contributed by atoms with Crippen LogP contribution in [0.4, 0.5) is 4.39 Å². The van der Waals surface area contributed by atoms with Gasteiger partial charge in [-0.3, -0.25) is 0 Å². The number of halogens is 1. The topological polar surface area (TPSA) is 66.4 Å².